The number of nitrogens with zero attached hydrogens (tertiary/aromatic N) is 2. The normalized spacial score (nSPS) is 11.6. The molecule has 0 aliphatic carbocycles. The Morgan fingerprint density at radius 2 is 1.65 bits per heavy atom. The minimum absolute atomic E-state index is 0.191. The fraction of sp³-hybridized carbons (Fsp3) is 0.0455. The van der Waals surface area contributed by atoms with Gasteiger partial charge in [-0.1, -0.05) is 24.3 Å². The summed E-state index contributed by atoms with van der Waals surface area (Å²) in [5.41, 5.74) is -1.14. The number of aromatic hydroxyl groups is 1. The number of aromatic carboxylic acids is 1. The molecule has 0 bridgehead atoms. The van der Waals surface area contributed by atoms with Gasteiger partial charge < -0.3 is 10.2 Å². The molecule has 0 radical (unpaired) electrons. The molecular weight excluding hydrogens is 413 g/mol. The lowest BCUT2D eigenvalue weighted by Crippen LogP contribution is -2.15. The molecule has 4 rings (SSSR count). The number of hydrogen-bond donors (Lipinski definition) is 2. The Morgan fingerprint density at radius 1 is 0.935 bits per heavy atom. The van der Waals surface area contributed by atoms with E-state index in [1.54, 1.807) is 18.2 Å². The number of carbonyl (C=O) groups is 2. The smallest absolute Gasteiger partial charge is 0.417 e. The Hall–Kier alpha value is -4.14. The summed E-state index contributed by atoms with van der Waals surface area (Å²) in [5, 5.41) is 19.0. The minimum Gasteiger partial charge on any atom is -0.507 e. The first-order valence-corrected chi connectivity index (χ1v) is 8.93. The summed E-state index contributed by atoms with van der Waals surface area (Å²) in [5.74, 6) is -3.00. The highest BCUT2D eigenvalue weighted by Gasteiger charge is 2.36. The zero-order valence-corrected chi connectivity index (χ0v) is 15.6. The van der Waals surface area contributed by atoms with E-state index in [1.165, 1.54) is 40.9 Å². The Balaban J connectivity index is 1.93. The predicted octanol–water partition coefficient (Wildman–Crippen LogP) is 4.65. The predicted molar refractivity (Wildman–Crippen MR) is 104 cm³/mol. The van der Waals surface area contributed by atoms with Crippen LogP contribution in [0.1, 0.15) is 32.1 Å². The molecule has 0 saturated heterocycles. The number of fused-ring (bicyclic) bond motifs is 1. The molecule has 0 unspecified atom stereocenters. The quantitative estimate of drug-likeness (QED) is 0.464. The first-order chi connectivity index (χ1) is 14.7. The highest BCUT2D eigenvalue weighted by atomic mass is 19.4. The molecule has 0 spiro atoms. The molecule has 2 N–H and O–H groups in total. The number of aromatic nitrogens is 2. The molecule has 0 aliphatic rings. The van der Waals surface area contributed by atoms with Crippen molar-refractivity contribution in [2.45, 2.75) is 6.18 Å². The van der Waals surface area contributed by atoms with E-state index in [0.717, 1.165) is 12.1 Å². The first kappa shape index (κ1) is 20.1. The van der Waals surface area contributed by atoms with E-state index >= 15 is 0 Å². The number of carboxylic acids is 1. The topological polar surface area (TPSA) is 91.9 Å². The zero-order chi connectivity index (χ0) is 22.3. The van der Waals surface area contributed by atoms with Crippen LogP contribution in [0.15, 0.2) is 66.9 Å². The van der Waals surface area contributed by atoms with Crippen molar-refractivity contribution in [1.29, 1.82) is 0 Å². The van der Waals surface area contributed by atoms with Crippen LogP contribution < -0.4 is 0 Å². The van der Waals surface area contributed by atoms with Crippen molar-refractivity contribution in [2.24, 2.45) is 0 Å². The van der Waals surface area contributed by atoms with Gasteiger partial charge in [-0.2, -0.15) is 13.2 Å². The molecule has 0 atom stereocenters. The molecule has 0 amide bonds. The summed E-state index contributed by atoms with van der Waals surface area (Å²) in [6.07, 6.45) is -3.25. The van der Waals surface area contributed by atoms with Gasteiger partial charge in [0.15, 0.2) is 5.82 Å². The number of carboxylic acid groups (broad SMARTS) is 1. The van der Waals surface area contributed by atoms with E-state index in [0.29, 0.717) is 5.52 Å². The lowest BCUT2D eigenvalue weighted by molar-refractivity contribution is -0.137. The van der Waals surface area contributed by atoms with Crippen LogP contribution in [-0.4, -0.2) is 31.4 Å². The molecule has 2 aromatic carbocycles. The van der Waals surface area contributed by atoms with E-state index in [9.17, 15) is 33.0 Å². The molecular formula is C22H13F3N2O4. The number of alkyl halides is 3. The lowest BCUT2D eigenvalue weighted by atomic mass is 10.0. The third-order valence-electron chi connectivity index (χ3n) is 4.73. The fourth-order valence-electron chi connectivity index (χ4n) is 3.31. The molecule has 6 nitrogen and oxygen atoms in total. The van der Waals surface area contributed by atoms with E-state index in [4.69, 9.17) is 0 Å². The van der Waals surface area contributed by atoms with Crippen molar-refractivity contribution in [1.82, 2.24) is 9.38 Å². The number of phenols is 1. The van der Waals surface area contributed by atoms with Crippen molar-refractivity contribution >= 4 is 17.3 Å². The van der Waals surface area contributed by atoms with Gasteiger partial charge in [0.25, 0.3) is 0 Å². The number of rotatable bonds is 4. The van der Waals surface area contributed by atoms with Crippen LogP contribution in [0.2, 0.25) is 0 Å². The van der Waals surface area contributed by atoms with Crippen molar-refractivity contribution in [2.75, 3.05) is 0 Å². The van der Waals surface area contributed by atoms with Crippen molar-refractivity contribution in [3.8, 4) is 17.0 Å². The van der Waals surface area contributed by atoms with Crippen LogP contribution in [0.25, 0.3) is 16.8 Å². The molecule has 0 aliphatic heterocycles. The Labute approximate surface area is 172 Å². The third kappa shape index (κ3) is 3.50. The minimum atomic E-state index is -4.73. The SMILES string of the molecule is O=C(O)c1cc(-c2nc(C(=O)c3ccccc3C(F)(F)F)n3ccccc23)ccc1O. The van der Waals surface area contributed by atoms with Crippen molar-refractivity contribution < 1.29 is 33.0 Å². The molecule has 0 saturated carbocycles. The number of ketones is 1. The van der Waals surface area contributed by atoms with Gasteiger partial charge in [0.05, 0.1) is 16.8 Å². The molecule has 156 valence electrons. The van der Waals surface area contributed by atoms with Gasteiger partial charge in [0, 0.05) is 17.3 Å². The summed E-state index contributed by atoms with van der Waals surface area (Å²) in [6.45, 7) is 0. The zero-order valence-electron chi connectivity index (χ0n) is 15.6. The van der Waals surface area contributed by atoms with Gasteiger partial charge in [0.2, 0.25) is 5.78 Å². The van der Waals surface area contributed by atoms with Gasteiger partial charge in [-0.25, -0.2) is 9.78 Å². The van der Waals surface area contributed by atoms with Crippen LogP contribution in [-0.2, 0) is 6.18 Å². The average Bonchev–Trinajstić information content (AvgIpc) is 3.12. The molecule has 2 heterocycles. The second-order valence-electron chi connectivity index (χ2n) is 6.65. The number of benzene rings is 2. The van der Waals surface area contributed by atoms with E-state index in [-0.39, 0.29) is 22.6 Å². The maximum atomic E-state index is 13.4. The van der Waals surface area contributed by atoms with Gasteiger partial charge in [-0.3, -0.25) is 9.20 Å². The van der Waals surface area contributed by atoms with Crippen molar-refractivity contribution in [3.63, 3.8) is 0 Å². The number of pyridine rings is 1. The average molecular weight is 426 g/mol. The third-order valence-corrected chi connectivity index (χ3v) is 4.73. The Kier molecular flexibility index (Phi) is 4.73. The second-order valence-corrected chi connectivity index (χ2v) is 6.65. The van der Waals surface area contributed by atoms with Crippen LogP contribution in [0.3, 0.4) is 0 Å². The van der Waals surface area contributed by atoms with E-state index < -0.39 is 34.8 Å². The fourth-order valence-corrected chi connectivity index (χ4v) is 3.31. The lowest BCUT2D eigenvalue weighted by Gasteiger charge is -2.11. The molecule has 0 fully saturated rings. The van der Waals surface area contributed by atoms with Crippen LogP contribution in [0.4, 0.5) is 13.2 Å². The maximum Gasteiger partial charge on any atom is 0.417 e. The summed E-state index contributed by atoms with van der Waals surface area (Å²) in [6, 6.07) is 13.0. The monoisotopic (exact) mass is 426 g/mol. The standard InChI is InChI=1S/C22H13F3N2O4/c23-22(24,25)15-6-2-1-5-13(15)19(29)20-26-18(16-7-3-4-10-27(16)20)12-8-9-17(28)14(11-12)21(30)31/h1-11,28H,(H,30,31). The number of halogens is 3. The molecule has 31 heavy (non-hydrogen) atoms. The molecule has 4 aromatic rings. The highest BCUT2D eigenvalue weighted by molar-refractivity contribution is 6.09. The van der Waals surface area contributed by atoms with Gasteiger partial charge >= 0.3 is 12.1 Å². The van der Waals surface area contributed by atoms with Crippen LogP contribution >= 0.6 is 0 Å². The number of carbonyl (C=O) groups excluding carboxylic acids is 1. The van der Waals surface area contributed by atoms with Crippen LogP contribution in [0.5, 0.6) is 5.75 Å². The second kappa shape index (κ2) is 7.28. The van der Waals surface area contributed by atoms with Gasteiger partial charge in [-0.05, 0) is 36.4 Å². The summed E-state index contributed by atoms with van der Waals surface area (Å²) < 4.78 is 41.6. The Morgan fingerprint density at radius 3 is 2.35 bits per heavy atom. The van der Waals surface area contributed by atoms with Gasteiger partial charge in [-0.15, -0.1) is 0 Å². The highest BCUT2D eigenvalue weighted by Crippen LogP contribution is 2.34. The molecule has 2 aromatic heterocycles. The summed E-state index contributed by atoms with van der Waals surface area (Å²) in [7, 11) is 0. The summed E-state index contributed by atoms with van der Waals surface area (Å²) in [4.78, 5) is 28.7. The number of hydrogen-bond acceptors (Lipinski definition) is 4. The van der Waals surface area contributed by atoms with E-state index in [2.05, 4.69) is 4.98 Å². The Bertz CT molecular complexity index is 1340. The maximum absolute atomic E-state index is 13.4. The van der Waals surface area contributed by atoms with Crippen LogP contribution in [0, 0.1) is 0 Å². The van der Waals surface area contributed by atoms with E-state index in [1.807, 2.05) is 0 Å². The largest absolute Gasteiger partial charge is 0.507 e. The summed E-state index contributed by atoms with van der Waals surface area (Å²) >= 11 is 0. The van der Waals surface area contributed by atoms with Gasteiger partial charge in [0.1, 0.15) is 11.3 Å². The number of imidazole rings is 1. The first-order valence-electron chi connectivity index (χ1n) is 8.93. The molecule has 9 heteroatoms. The van der Waals surface area contributed by atoms with Crippen molar-refractivity contribution in [3.05, 3.63) is 89.4 Å².